The van der Waals surface area contributed by atoms with Crippen molar-refractivity contribution < 1.29 is 0 Å². The van der Waals surface area contributed by atoms with Crippen LogP contribution in [0.2, 0.25) is 0 Å². The van der Waals surface area contributed by atoms with Gasteiger partial charge >= 0.3 is 0 Å². The van der Waals surface area contributed by atoms with Gasteiger partial charge in [0.1, 0.15) is 0 Å². The van der Waals surface area contributed by atoms with E-state index in [0.717, 1.165) is 0 Å². The average molecular weight is 323 g/mol. The van der Waals surface area contributed by atoms with Crippen LogP contribution < -0.4 is 0 Å². The molecule has 0 radical (unpaired) electrons. The van der Waals surface area contributed by atoms with Crippen molar-refractivity contribution >= 4 is 11.3 Å². The van der Waals surface area contributed by atoms with Crippen LogP contribution in [0.4, 0.5) is 0 Å². The van der Waals surface area contributed by atoms with Gasteiger partial charge in [0.2, 0.25) is 0 Å². The maximum absolute atomic E-state index is 2.24. The van der Waals surface area contributed by atoms with E-state index in [1.807, 2.05) is 41.5 Å². The zero-order valence-corrected chi connectivity index (χ0v) is 17.3. The number of benzene rings is 1. The fraction of sp³-hybridized carbons (Fsp3) is 0.524. The first-order valence-corrected chi connectivity index (χ1v) is 9.59. The molecule has 0 spiro atoms. The van der Waals surface area contributed by atoms with Crippen molar-refractivity contribution in [3.63, 3.8) is 0 Å². The Hall–Kier alpha value is -1.08. The second-order valence-electron chi connectivity index (χ2n) is 4.37. The molecule has 0 unspecified atom stereocenters. The number of thiophene rings is 1. The lowest BCUT2D eigenvalue weighted by Gasteiger charge is -2.04. The molecule has 0 saturated carbocycles. The van der Waals surface area contributed by atoms with Gasteiger partial charge in [-0.3, -0.25) is 0 Å². The van der Waals surface area contributed by atoms with Gasteiger partial charge in [0.05, 0.1) is 0 Å². The molecule has 0 aliphatic rings. The van der Waals surface area contributed by atoms with Crippen LogP contribution in [0.1, 0.15) is 78.0 Å². The van der Waals surface area contributed by atoms with Crippen LogP contribution in [0.15, 0.2) is 41.1 Å². The van der Waals surface area contributed by atoms with Gasteiger partial charge < -0.3 is 0 Å². The smallest absolute Gasteiger partial charge is 0.00641 e. The number of rotatable bonds is 1. The minimum Gasteiger partial charge on any atom is -0.152 e. The quantitative estimate of drug-likeness (QED) is 0.495. The van der Waals surface area contributed by atoms with E-state index in [1.54, 1.807) is 11.3 Å². The van der Waals surface area contributed by atoms with Gasteiger partial charge in [0.15, 0.2) is 0 Å². The summed E-state index contributed by atoms with van der Waals surface area (Å²) in [6.45, 7) is 20.7. The van der Waals surface area contributed by atoms with E-state index in [9.17, 15) is 0 Å². The van der Waals surface area contributed by atoms with E-state index < -0.39 is 0 Å². The molecule has 1 aromatic carbocycles. The Morgan fingerprint density at radius 3 is 1.55 bits per heavy atom. The third-order valence-electron chi connectivity index (χ3n) is 2.37. The molecular formula is C21H38S. The summed E-state index contributed by atoms with van der Waals surface area (Å²) in [7, 11) is 0. The average Bonchev–Trinajstić information content (AvgIpc) is 3.05. The first kappa shape index (κ1) is 25.9. The van der Waals surface area contributed by atoms with Gasteiger partial charge in [-0.15, -0.1) is 0 Å². The zero-order valence-electron chi connectivity index (χ0n) is 16.5. The van der Waals surface area contributed by atoms with Crippen LogP contribution in [0, 0.1) is 13.8 Å². The van der Waals surface area contributed by atoms with E-state index in [4.69, 9.17) is 0 Å². The predicted molar refractivity (Wildman–Crippen MR) is 108 cm³/mol. The topological polar surface area (TPSA) is 0 Å². The molecule has 0 atom stereocenters. The second-order valence-corrected chi connectivity index (χ2v) is 5.15. The zero-order chi connectivity index (χ0) is 18.0. The summed E-state index contributed by atoms with van der Waals surface area (Å²) < 4.78 is 0. The Balaban J connectivity index is -0.000000258. The highest BCUT2D eigenvalue weighted by Crippen LogP contribution is 2.14. The number of hydrogen-bond acceptors (Lipinski definition) is 1. The largest absolute Gasteiger partial charge is 0.152 e. The Morgan fingerprint density at radius 1 is 0.773 bits per heavy atom. The van der Waals surface area contributed by atoms with Crippen LogP contribution in [-0.4, -0.2) is 0 Å². The molecule has 128 valence electrons. The fourth-order valence-corrected chi connectivity index (χ4v) is 2.03. The van der Waals surface area contributed by atoms with Gasteiger partial charge in [0.25, 0.3) is 0 Å². The van der Waals surface area contributed by atoms with Crippen molar-refractivity contribution in [1.82, 2.24) is 0 Å². The molecular weight excluding hydrogens is 284 g/mol. The summed E-state index contributed by atoms with van der Waals surface area (Å²) in [6, 6.07) is 10.8. The van der Waals surface area contributed by atoms with E-state index in [2.05, 4.69) is 68.8 Å². The summed E-state index contributed by atoms with van der Waals surface area (Å²) in [5, 5.41) is 4.20. The monoisotopic (exact) mass is 322 g/mol. The third kappa shape index (κ3) is 15.3. The molecule has 2 rings (SSSR count). The Bertz CT molecular complexity index is 400. The van der Waals surface area contributed by atoms with Crippen molar-refractivity contribution in [2.24, 2.45) is 0 Å². The second kappa shape index (κ2) is 19.9. The molecule has 0 fully saturated rings. The number of hydrogen-bond donors (Lipinski definition) is 0. The minimum absolute atomic E-state index is 0.653. The molecule has 0 saturated heterocycles. The summed E-state index contributed by atoms with van der Waals surface area (Å²) in [5.74, 6) is 0.653. The Kier molecular flexibility index (Phi) is 23.4. The SMILES string of the molecule is CC.CC.CC.Cc1cccc(C(C)C)c1.Cc1ccsc1. The lowest BCUT2D eigenvalue weighted by atomic mass is 10.0. The van der Waals surface area contributed by atoms with E-state index in [-0.39, 0.29) is 0 Å². The van der Waals surface area contributed by atoms with Crippen molar-refractivity contribution in [1.29, 1.82) is 0 Å². The molecule has 0 aliphatic heterocycles. The van der Waals surface area contributed by atoms with E-state index in [0.29, 0.717) is 5.92 Å². The van der Waals surface area contributed by atoms with Crippen LogP contribution in [0.3, 0.4) is 0 Å². The lowest BCUT2D eigenvalue weighted by molar-refractivity contribution is 0.865. The highest BCUT2D eigenvalue weighted by molar-refractivity contribution is 7.07. The normalized spacial score (nSPS) is 7.95. The fourth-order valence-electron chi connectivity index (χ4n) is 1.36. The summed E-state index contributed by atoms with van der Waals surface area (Å²) in [6.07, 6.45) is 0. The molecule has 0 amide bonds. The molecule has 1 heterocycles. The molecule has 0 bridgehead atoms. The molecule has 2 aromatic rings. The highest BCUT2D eigenvalue weighted by Gasteiger charge is 1.96. The van der Waals surface area contributed by atoms with Crippen LogP contribution in [0.5, 0.6) is 0 Å². The van der Waals surface area contributed by atoms with Crippen molar-refractivity contribution in [2.45, 2.75) is 75.2 Å². The standard InChI is InChI=1S/C10H14.C5H6S.3C2H6/c1-8(2)10-6-4-5-9(3)7-10;1-5-2-3-6-4-5;3*1-2/h4-8H,1-3H3;2-4H,1H3;3*1-2H3. The predicted octanol–water partition coefficient (Wildman–Crippen LogP) is 8.25. The van der Waals surface area contributed by atoms with Gasteiger partial charge in [-0.2, -0.15) is 11.3 Å². The van der Waals surface area contributed by atoms with E-state index in [1.165, 1.54) is 16.7 Å². The lowest BCUT2D eigenvalue weighted by Crippen LogP contribution is -1.86. The third-order valence-corrected chi connectivity index (χ3v) is 3.17. The molecule has 0 nitrogen and oxygen atoms in total. The van der Waals surface area contributed by atoms with Crippen molar-refractivity contribution in [3.05, 3.63) is 57.8 Å². The van der Waals surface area contributed by atoms with E-state index >= 15 is 0 Å². The summed E-state index contributed by atoms with van der Waals surface area (Å²) >= 11 is 1.74. The highest BCUT2D eigenvalue weighted by atomic mass is 32.1. The van der Waals surface area contributed by atoms with Gasteiger partial charge in [-0.05, 0) is 47.7 Å². The summed E-state index contributed by atoms with van der Waals surface area (Å²) in [4.78, 5) is 0. The Labute approximate surface area is 144 Å². The molecule has 1 heteroatoms. The van der Waals surface area contributed by atoms with Crippen molar-refractivity contribution in [2.75, 3.05) is 0 Å². The first-order valence-electron chi connectivity index (χ1n) is 8.65. The van der Waals surface area contributed by atoms with Crippen LogP contribution in [0.25, 0.3) is 0 Å². The van der Waals surface area contributed by atoms with Crippen LogP contribution in [-0.2, 0) is 0 Å². The maximum Gasteiger partial charge on any atom is -0.00641 e. The molecule has 0 N–H and O–H groups in total. The number of aryl methyl sites for hydroxylation is 2. The summed E-state index contributed by atoms with van der Waals surface area (Å²) in [5.41, 5.74) is 4.14. The molecule has 0 aliphatic carbocycles. The van der Waals surface area contributed by atoms with Crippen LogP contribution >= 0.6 is 11.3 Å². The Morgan fingerprint density at radius 2 is 1.32 bits per heavy atom. The maximum atomic E-state index is 2.24. The van der Waals surface area contributed by atoms with Gasteiger partial charge in [-0.1, -0.05) is 85.2 Å². The first-order chi connectivity index (χ1) is 10.6. The van der Waals surface area contributed by atoms with Gasteiger partial charge in [-0.25, -0.2) is 0 Å². The minimum atomic E-state index is 0.653. The molecule has 1 aromatic heterocycles. The van der Waals surface area contributed by atoms with Crippen molar-refractivity contribution in [3.8, 4) is 0 Å². The molecule has 22 heavy (non-hydrogen) atoms. The van der Waals surface area contributed by atoms with Gasteiger partial charge in [0, 0.05) is 0 Å².